The maximum Gasteiger partial charge on any atom is 0.323 e. The monoisotopic (exact) mass is 516 g/mol. The standard InChI is InChI=1S/C31H37FN4O2/c1-20(2)25-8-7-9-26(21(3)4)29(25)35-31(38)34-24-14-15-28(36-16-5-6-17-36)27(18-24)30(37)33-19-22-10-12-23(32)13-11-22/h7-15,18,20-21H,5-6,16-17,19H2,1-4H3,(H,33,37)(H2,34,35,38). The van der Waals surface area contributed by atoms with Crippen molar-refractivity contribution in [2.45, 2.75) is 58.9 Å². The Morgan fingerprint density at radius 3 is 2.11 bits per heavy atom. The van der Waals surface area contributed by atoms with E-state index in [1.165, 1.54) is 12.1 Å². The molecular formula is C31H37FN4O2. The number of amides is 3. The molecule has 3 aromatic rings. The topological polar surface area (TPSA) is 73.5 Å². The minimum absolute atomic E-state index is 0.243. The summed E-state index contributed by atoms with van der Waals surface area (Å²) in [6, 6.07) is 17.3. The maximum absolute atomic E-state index is 13.3. The molecule has 0 aromatic heterocycles. The molecule has 7 heteroatoms. The van der Waals surface area contributed by atoms with Crippen LogP contribution in [0.1, 0.15) is 79.4 Å². The lowest BCUT2D eigenvalue weighted by molar-refractivity contribution is 0.0951. The number of anilines is 3. The quantitative estimate of drug-likeness (QED) is 0.295. The van der Waals surface area contributed by atoms with Gasteiger partial charge in [-0.25, -0.2) is 9.18 Å². The largest absolute Gasteiger partial charge is 0.371 e. The van der Waals surface area contributed by atoms with Gasteiger partial charge in [-0.3, -0.25) is 4.79 Å². The summed E-state index contributed by atoms with van der Waals surface area (Å²) in [5, 5.41) is 8.94. The number of nitrogens with one attached hydrogen (secondary N) is 3. The van der Waals surface area contributed by atoms with Gasteiger partial charge in [0.1, 0.15) is 5.82 Å². The molecule has 38 heavy (non-hydrogen) atoms. The fourth-order valence-electron chi connectivity index (χ4n) is 4.88. The third kappa shape index (κ3) is 6.52. The van der Waals surface area contributed by atoms with E-state index in [9.17, 15) is 14.0 Å². The highest BCUT2D eigenvalue weighted by Crippen LogP contribution is 2.33. The second kappa shape index (κ2) is 12.1. The van der Waals surface area contributed by atoms with Gasteiger partial charge in [0.2, 0.25) is 0 Å². The van der Waals surface area contributed by atoms with Gasteiger partial charge in [0.05, 0.1) is 5.56 Å². The van der Waals surface area contributed by atoms with Gasteiger partial charge in [-0.05, 0) is 71.7 Å². The van der Waals surface area contributed by atoms with E-state index in [-0.39, 0.29) is 36.1 Å². The molecule has 200 valence electrons. The van der Waals surface area contributed by atoms with Gasteiger partial charge in [-0.15, -0.1) is 0 Å². The van der Waals surface area contributed by atoms with Crippen LogP contribution in [0, 0.1) is 5.82 Å². The Kier molecular flexibility index (Phi) is 8.66. The maximum atomic E-state index is 13.3. The van der Waals surface area contributed by atoms with Crippen LogP contribution in [0.3, 0.4) is 0 Å². The summed E-state index contributed by atoms with van der Waals surface area (Å²) in [6.07, 6.45) is 2.15. The second-order valence-corrected chi connectivity index (χ2v) is 10.4. The molecule has 0 atom stereocenters. The van der Waals surface area contributed by atoms with E-state index in [2.05, 4.69) is 48.5 Å². The fraction of sp³-hybridized carbons (Fsp3) is 0.355. The predicted molar refractivity (Wildman–Crippen MR) is 153 cm³/mol. The molecule has 4 rings (SSSR count). The molecule has 0 spiro atoms. The number of carbonyl (C=O) groups excluding carboxylic acids is 2. The molecule has 0 unspecified atom stereocenters. The number of halogens is 1. The first-order chi connectivity index (χ1) is 18.2. The fourth-order valence-corrected chi connectivity index (χ4v) is 4.88. The molecule has 1 fully saturated rings. The molecule has 0 radical (unpaired) electrons. The highest BCUT2D eigenvalue weighted by molar-refractivity contribution is 6.04. The lowest BCUT2D eigenvalue weighted by atomic mass is 9.93. The Balaban J connectivity index is 1.55. The molecule has 0 bridgehead atoms. The van der Waals surface area contributed by atoms with Crippen molar-refractivity contribution in [3.8, 4) is 0 Å². The highest BCUT2D eigenvalue weighted by atomic mass is 19.1. The molecule has 3 aromatic carbocycles. The summed E-state index contributed by atoms with van der Waals surface area (Å²) in [4.78, 5) is 28.6. The first-order valence-corrected chi connectivity index (χ1v) is 13.4. The van der Waals surface area contributed by atoms with E-state index in [1.54, 1.807) is 18.2 Å². The second-order valence-electron chi connectivity index (χ2n) is 10.4. The van der Waals surface area contributed by atoms with Crippen LogP contribution >= 0.6 is 0 Å². The zero-order valence-electron chi connectivity index (χ0n) is 22.6. The number of hydrogen-bond donors (Lipinski definition) is 3. The first kappa shape index (κ1) is 27.2. The zero-order chi connectivity index (χ0) is 27.2. The molecule has 3 N–H and O–H groups in total. The summed E-state index contributed by atoms with van der Waals surface area (Å²) in [7, 11) is 0. The van der Waals surface area contributed by atoms with Crippen LogP contribution in [-0.2, 0) is 6.54 Å². The Labute approximate surface area is 224 Å². The molecular weight excluding hydrogens is 479 g/mol. The van der Waals surface area contributed by atoms with Crippen molar-refractivity contribution in [3.63, 3.8) is 0 Å². The summed E-state index contributed by atoms with van der Waals surface area (Å²) in [5.74, 6) is -0.0576. The van der Waals surface area contributed by atoms with Crippen molar-refractivity contribution in [3.05, 3.63) is 88.7 Å². The van der Waals surface area contributed by atoms with E-state index in [0.717, 1.165) is 54.0 Å². The van der Waals surface area contributed by atoms with Gasteiger partial charge in [-0.2, -0.15) is 0 Å². The van der Waals surface area contributed by atoms with Gasteiger partial charge in [0.25, 0.3) is 5.91 Å². The number of para-hydroxylation sites is 1. The predicted octanol–water partition coefficient (Wildman–Crippen LogP) is 7.25. The van der Waals surface area contributed by atoms with E-state index in [1.807, 2.05) is 30.3 Å². The Morgan fingerprint density at radius 1 is 0.868 bits per heavy atom. The molecule has 0 saturated carbocycles. The molecule has 1 aliphatic rings. The molecule has 0 aliphatic carbocycles. The van der Waals surface area contributed by atoms with Crippen molar-refractivity contribution in [2.24, 2.45) is 0 Å². The van der Waals surface area contributed by atoms with Crippen LogP contribution in [0.5, 0.6) is 0 Å². The van der Waals surface area contributed by atoms with Gasteiger partial charge in [0, 0.05) is 36.7 Å². The zero-order valence-corrected chi connectivity index (χ0v) is 22.6. The highest BCUT2D eigenvalue weighted by Gasteiger charge is 2.21. The van der Waals surface area contributed by atoms with Crippen LogP contribution in [0.4, 0.5) is 26.2 Å². The van der Waals surface area contributed by atoms with E-state index >= 15 is 0 Å². The van der Waals surface area contributed by atoms with Gasteiger partial charge >= 0.3 is 6.03 Å². The summed E-state index contributed by atoms with van der Waals surface area (Å²) >= 11 is 0. The molecule has 3 amide bonds. The third-order valence-corrected chi connectivity index (χ3v) is 6.92. The molecule has 1 saturated heterocycles. The number of urea groups is 1. The van der Waals surface area contributed by atoms with Gasteiger partial charge in [-0.1, -0.05) is 58.0 Å². The van der Waals surface area contributed by atoms with E-state index in [0.29, 0.717) is 11.3 Å². The molecule has 1 heterocycles. The smallest absolute Gasteiger partial charge is 0.323 e. The minimum atomic E-state index is -0.355. The lowest BCUT2D eigenvalue weighted by Crippen LogP contribution is -2.28. The summed E-state index contributed by atoms with van der Waals surface area (Å²) in [5.41, 5.74) is 5.68. The molecule has 6 nitrogen and oxygen atoms in total. The lowest BCUT2D eigenvalue weighted by Gasteiger charge is -2.23. The average molecular weight is 517 g/mol. The SMILES string of the molecule is CC(C)c1cccc(C(C)C)c1NC(=O)Nc1ccc(N2CCCC2)c(C(=O)NCc2ccc(F)cc2)c1. The van der Waals surface area contributed by atoms with Crippen LogP contribution < -0.4 is 20.9 Å². The normalized spacial score (nSPS) is 13.2. The van der Waals surface area contributed by atoms with E-state index in [4.69, 9.17) is 0 Å². The minimum Gasteiger partial charge on any atom is -0.371 e. The number of hydrogen-bond acceptors (Lipinski definition) is 3. The number of carbonyl (C=O) groups is 2. The third-order valence-electron chi connectivity index (χ3n) is 6.92. The van der Waals surface area contributed by atoms with Crippen molar-refractivity contribution in [1.82, 2.24) is 5.32 Å². The summed E-state index contributed by atoms with van der Waals surface area (Å²) in [6.45, 7) is 10.5. The van der Waals surface area contributed by atoms with Crippen molar-refractivity contribution in [1.29, 1.82) is 0 Å². The average Bonchev–Trinajstić information content (AvgIpc) is 3.43. The van der Waals surface area contributed by atoms with Gasteiger partial charge in [0.15, 0.2) is 0 Å². The van der Waals surface area contributed by atoms with Crippen molar-refractivity contribution >= 4 is 29.0 Å². The number of benzene rings is 3. The Hall–Kier alpha value is -3.87. The van der Waals surface area contributed by atoms with Crippen LogP contribution in [-0.4, -0.2) is 25.0 Å². The van der Waals surface area contributed by atoms with Crippen LogP contribution in [0.2, 0.25) is 0 Å². The first-order valence-electron chi connectivity index (χ1n) is 13.4. The van der Waals surface area contributed by atoms with Crippen molar-refractivity contribution < 1.29 is 14.0 Å². The summed E-state index contributed by atoms with van der Waals surface area (Å²) < 4.78 is 13.3. The molecule has 1 aliphatic heterocycles. The van der Waals surface area contributed by atoms with E-state index < -0.39 is 0 Å². The van der Waals surface area contributed by atoms with Gasteiger partial charge < -0.3 is 20.9 Å². The van der Waals surface area contributed by atoms with Crippen molar-refractivity contribution in [2.75, 3.05) is 28.6 Å². The Morgan fingerprint density at radius 2 is 1.50 bits per heavy atom. The number of rotatable bonds is 8. The Bertz CT molecular complexity index is 1260. The number of nitrogens with zero attached hydrogens (tertiary/aromatic N) is 1. The van der Waals surface area contributed by atoms with Crippen LogP contribution in [0.25, 0.3) is 0 Å². The van der Waals surface area contributed by atoms with Crippen LogP contribution in [0.15, 0.2) is 60.7 Å².